The molecule has 0 aromatic heterocycles. The minimum atomic E-state index is 0.552. The van der Waals surface area contributed by atoms with Crippen molar-refractivity contribution in [1.29, 1.82) is 0 Å². The molecular formula is C14H26N2O+2. The van der Waals surface area contributed by atoms with E-state index in [0.717, 1.165) is 32.0 Å². The highest BCUT2D eigenvalue weighted by atomic mass is 16.5. The fourth-order valence-electron chi connectivity index (χ4n) is 1.67. The van der Waals surface area contributed by atoms with Gasteiger partial charge in [0, 0.05) is 0 Å². The van der Waals surface area contributed by atoms with Gasteiger partial charge in [0.25, 0.3) is 0 Å². The lowest BCUT2D eigenvalue weighted by Gasteiger charge is -2.12. The van der Waals surface area contributed by atoms with Crippen LogP contribution in [0.2, 0.25) is 0 Å². The Morgan fingerprint density at radius 2 is 2.06 bits per heavy atom. The molecule has 0 bridgehead atoms. The van der Waals surface area contributed by atoms with E-state index in [1.807, 2.05) is 0 Å². The summed E-state index contributed by atoms with van der Waals surface area (Å²) in [4.78, 5) is 0. The molecule has 0 amide bonds. The summed E-state index contributed by atoms with van der Waals surface area (Å²) in [5.41, 5.74) is 6.37. The van der Waals surface area contributed by atoms with Crippen LogP contribution in [0.4, 0.5) is 0 Å². The number of nitrogens with two attached hydrogens (primary N) is 1. The van der Waals surface area contributed by atoms with E-state index < -0.39 is 0 Å². The number of ether oxygens (including phenoxy) is 1. The van der Waals surface area contributed by atoms with Crippen LogP contribution < -0.4 is 15.8 Å². The van der Waals surface area contributed by atoms with Crippen molar-refractivity contribution in [2.24, 2.45) is 0 Å². The summed E-state index contributed by atoms with van der Waals surface area (Å²) in [6.07, 6.45) is 0. The molecule has 0 unspecified atom stereocenters. The van der Waals surface area contributed by atoms with Gasteiger partial charge in [-0.15, -0.1) is 0 Å². The normalized spacial score (nSPS) is 10.9. The SMILES string of the molecule is Cc1ccc(C(C)C)cc1OCC[NH2+]CC[NH3+]. The van der Waals surface area contributed by atoms with Gasteiger partial charge < -0.3 is 15.8 Å². The topological polar surface area (TPSA) is 53.5 Å². The Morgan fingerprint density at radius 3 is 2.71 bits per heavy atom. The van der Waals surface area contributed by atoms with Crippen LogP contribution in [0.15, 0.2) is 18.2 Å². The maximum atomic E-state index is 5.82. The third-order valence-corrected chi connectivity index (χ3v) is 2.87. The van der Waals surface area contributed by atoms with E-state index in [2.05, 4.69) is 50.0 Å². The highest BCUT2D eigenvalue weighted by molar-refractivity contribution is 5.37. The zero-order valence-electron chi connectivity index (χ0n) is 11.3. The van der Waals surface area contributed by atoms with Crippen LogP contribution in [-0.4, -0.2) is 26.2 Å². The summed E-state index contributed by atoms with van der Waals surface area (Å²) >= 11 is 0. The van der Waals surface area contributed by atoms with Crippen molar-refractivity contribution in [1.82, 2.24) is 0 Å². The largest absolute Gasteiger partial charge is 0.487 e. The van der Waals surface area contributed by atoms with E-state index in [4.69, 9.17) is 4.74 Å². The van der Waals surface area contributed by atoms with Crippen LogP contribution in [-0.2, 0) is 0 Å². The molecular weight excluding hydrogens is 212 g/mol. The smallest absolute Gasteiger partial charge is 0.137 e. The molecule has 3 heteroatoms. The lowest BCUT2D eigenvalue weighted by atomic mass is 10.0. The van der Waals surface area contributed by atoms with Gasteiger partial charge in [-0.2, -0.15) is 0 Å². The summed E-state index contributed by atoms with van der Waals surface area (Å²) in [6, 6.07) is 6.49. The minimum Gasteiger partial charge on any atom is -0.487 e. The van der Waals surface area contributed by atoms with Crippen molar-refractivity contribution in [2.75, 3.05) is 26.2 Å². The van der Waals surface area contributed by atoms with Crippen molar-refractivity contribution in [3.63, 3.8) is 0 Å². The third-order valence-electron chi connectivity index (χ3n) is 2.87. The van der Waals surface area contributed by atoms with Gasteiger partial charge in [-0.25, -0.2) is 0 Å². The van der Waals surface area contributed by atoms with Crippen LogP contribution in [0.3, 0.4) is 0 Å². The molecule has 0 radical (unpaired) electrons. The van der Waals surface area contributed by atoms with E-state index in [9.17, 15) is 0 Å². The molecule has 1 aromatic rings. The number of aryl methyl sites for hydroxylation is 1. The van der Waals surface area contributed by atoms with Crippen LogP contribution >= 0.6 is 0 Å². The number of hydrogen-bond acceptors (Lipinski definition) is 1. The maximum absolute atomic E-state index is 5.82. The van der Waals surface area contributed by atoms with Gasteiger partial charge in [0.1, 0.15) is 32.0 Å². The van der Waals surface area contributed by atoms with Crippen molar-refractivity contribution in [3.8, 4) is 5.75 Å². The quantitative estimate of drug-likeness (QED) is 0.660. The Labute approximate surface area is 104 Å². The van der Waals surface area contributed by atoms with Gasteiger partial charge in [0.2, 0.25) is 0 Å². The standard InChI is InChI=1S/C14H24N2O/c1-11(2)13-5-4-12(3)14(10-13)17-9-8-16-7-6-15/h4-5,10-11,16H,6-9,15H2,1-3H3/p+2. The second kappa shape index (κ2) is 7.30. The third kappa shape index (κ3) is 4.75. The Hall–Kier alpha value is -1.06. The lowest BCUT2D eigenvalue weighted by molar-refractivity contribution is -0.670. The van der Waals surface area contributed by atoms with Gasteiger partial charge in [-0.05, 0) is 30.0 Å². The average Bonchev–Trinajstić information content (AvgIpc) is 2.30. The molecule has 1 rings (SSSR count). The fraction of sp³-hybridized carbons (Fsp3) is 0.571. The molecule has 96 valence electrons. The van der Waals surface area contributed by atoms with Crippen molar-refractivity contribution < 1.29 is 15.8 Å². The summed E-state index contributed by atoms with van der Waals surface area (Å²) in [5, 5.41) is 2.24. The number of quaternary nitrogens is 2. The lowest BCUT2D eigenvalue weighted by Crippen LogP contribution is -2.88. The van der Waals surface area contributed by atoms with Crippen molar-refractivity contribution >= 4 is 0 Å². The van der Waals surface area contributed by atoms with Crippen LogP contribution in [0.1, 0.15) is 30.9 Å². The molecule has 0 fully saturated rings. The Morgan fingerprint density at radius 1 is 1.29 bits per heavy atom. The maximum Gasteiger partial charge on any atom is 0.137 e. The molecule has 3 nitrogen and oxygen atoms in total. The van der Waals surface area contributed by atoms with Crippen LogP contribution in [0.25, 0.3) is 0 Å². The first kappa shape index (κ1) is 14.0. The van der Waals surface area contributed by atoms with Gasteiger partial charge in [0.15, 0.2) is 0 Å². The predicted octanol–water partition coefficient (Wildman–Crippen LogP) is 0.303. The Bertz CT molecular complexity index is 337. The predicted molar refractivity (Wildman–Crippen MR) is 70.2 cm³/mol. The first-order valence-corrected chi connectivity index (χ1v) is 6.49. The summed E-state index contributed by atoms with van der Waals surface area (Å²) in [5.74, 6) is 1.58. The first-order valence-electron chi connectivity index (χ1n) is 6.49. The van der Waals surface area contributed by atoms with Crippen LogP contribution in [0.5, 0.6) is 5.75 Å². The number of benzene rings is 1. The van der Waals surface area contributed by atoms with E-state index >= 15 is 0 Å². The molecule has 0 aliphatic rings. The molecule has 0 heterocycles. The average molecular weight is 238 g/mol. The van der Waals surface area contributed by atoms with Gasteiger partial charge in [0.05, 0.1) is 0 Å². The molecule has 0 spiro atoms. The molecule has 1 aromatic carbocycles. The number of hydrogen-bond donors (Lipinski definition) is 2. The Kier molecular flexibility index (Phi) is 6.01. The first-order chi connectivity index (χ1) is 8.15. The van der Waals surface area contributed by atoms with Crippen molar-refractivity contribution in [3.05, 3.63) is 29.3 Å². The molecule has 0 aliphatic carbocycles. The highest BCUT2D eigenvalue weighted by Gasteiger charge is 2.04. The van der Waals surface area contributed by atoms with E-state index in [1.54, 1.807) is 0 Å². The highest BCUT2D eigenvalue weighted by Crippen LogP contribution is 2.23. The molecule has 17 heavy (non-hydrogen) atoms. The van der Waals surface area contributed by atoms with Gasteiger partial charge in [-0.3, -0.25) is 0 Å². The van der Waals surface area contributed by atoms with Crippen molar-refractivity contribution in [2.45, 2.75) is 26.7 Å². The van der Waals surface area contributed by atoms with E-state index in [0.29, 0.717) is 5.92 Å². The molecule has 0 saturated heterocycles. The molecule has 0 saturated carbocycles. The van der Waals surface area contributed by atoms with Gasteiger partial charge >= 0.3 is 0 Å². The van der Waals surface area contributed by atoms with Crippen LogP contribution in [0, 0.1) is 6.92 Å². The summed E-state index contributed by atoms with van der Waals surface area (Å²) in [6.45, 7) is 10.3. The van der Waals surface area contributed by atoms with E-state index in [-0.39, 0.29) is 0 Å². The van der Waals surface area contributed by atoms with Gasteiger partial charge in [-0.1, -0.05) is 26.0 Å². The zero-order valence-corrected chi connectivity index (χ0v) is 11.3. The summed E-state index contributed by atoms with van der Waals surface area (Å²) in [7, 11) is 0. The fourth-order valence-corrected chi connectivity index (χ4v) is 1.67. The zero-order chi connectivity index (χ0) is 12.7. The number of rotatable bonds is 7. The second-order valence-electron chi connectivity index (χ2n) is 4.75. The monoisotopic (exact) mass is 238 g/mol. The Balaban J connectivity index is 2.49. The minimum absolute atomic E-state index is 0.552. The molecule has 0 aliphatic heterocycles. The van der Waals surface area contributed by atoms with E-state index in [1.165, 1.54) is 11.1 Å². The second-order valence-corrected chi connectivity index (χ2v) is 4.75. The molecule has 0 atom stereocenters. The summed E-state index contributed by atoms with van der Waals surface area (Å²) < 4.78 is 5.82. The molecule has 5 N–H and O–H groups in total.